The van der Waals surface area contributed by atoms with Crippen LogP contribution >= 0.6 is 0 Å². The van der Waals surface area contributed by atoms with Gasteiger partial charge in [-0.05, 0) is 82.1 Å². The van der Waals surface area contributed by atoms with Gasteiger partial charge in [0.25, 0.3) is 0 Å². The van der Waals surface area contributed by atoms with Crippen LogP contribution < -0.4 is 4.90 Å². The predicted octanol–water partition coefficient (Wildman–Crippen LogP) is 12.7. The second-order valence-electron chi connectivity index (χ2n) is 12.2. The van der Waals surface area contributed by atoms with Crippen LogP contribution in [0.5, 0.6) is 0 Å². The number of hydrogen-bond donors (Lipinski definition) is 0. The Morgan fingerprint density at radius 3 is 1.79 bits per heavy atom. The fourth-order valence-electron chi connectivity index (χ4n) is 7.08. The molecule has 2 nitrogen and oxygen atoms in total. The third-order valence-electron chi connectivity index (χ3n) is 9.37. The summed E-state index contributed by atoms with van der Waals surface area (Å²) in [7, 11) is 0. The van der Waals surface area contributed by atoms with E-state index in [1.165, 1.54) is 54.8 Å². The summed E-state index contributed by atoms with van der Waals surface area (Å²) in [6.45, 7) is 0. The lowest BCUT2D eigenvalue weighted by atomic mass is 9.98. The smallest absolute Gasteiger partial charge is 0.0561 e. The zero-order valence-electron chi connectivity index (χ0n) is 26.4. The first-order valence-corrected chi connectivity index (χ1v) is 16.4. The molecule has 0 saturated heterocycles. The Kier molecular flexibility index (Phi) is 6.84. The van der Waals surface area contributed by atoms with Gasteiger partial charge in [0.1, 0.15) is 0 Å². The molecule has 0 saturated carbocycles. The summed E-state index contributed by atoms with van der Waals surface area (Å²) < 4.78 is 2.39. The Morgan fingerprint density at radius 1 is 0.354 bits per heavy atom. The van der Waals surface area contributed by atoms with Crippen molar-refractivity contribution in [2.45, 2.75) is 0 Å². The summed E-state index contributed by atoms with van der Waals surface area (Å²) in [6.07, 6.45) is 0. The minimum Gasteiger partial charge on any atom is -0.310 e. The van der Waals surface area contributed by atoms with Crippen LogP contribution in [-0.4, -0.2) is 4.57 Å². The number of fused-ring (bicyclic) bond motifs is 4. The van der Waals surface area contributed by atoms with Gasteiger partial charge in [0, 0.05) is 33.4 Å². The number of benzene rings is 8. The molecule has 0 unspecified atom stereocenters. The van der Waals surface area contributed by atoms with E-state index in [0.29, 0.717) is 0 Å². The molecule has 8 aromatic carbocycles. The summed E-state index contributed by atoms with van der Waals surface area (Å²) in [5.41, 5.74) is 11.6. The summed E-state index contributed by atoms with van der Waals surface area (Å²) in [6, 6.07) is 69.9. The molecular formula is C46H32N2. The Labute approximate surface area is 280 Å². The first kappa shape index (κ1) is 27.9. The van der Waals surface area contributed by atoms with Gasteiger partial charge in [-0.1, -0.05) is 140 Å². The average molecular weight is 613 g/mol. The van der Waals surface area contributed by atoms with Gasteiger partial charge >= 0.3 is 0 Å². The van der Waals surface area contributed by atoms with Gasteiger partial charge in [-0.2, -0.15) is 0 Å². The fourth-order valence-corrected chi connectivity index (χ4v) is 7.08. The molecule has 0 amide bonds. The number of rotatable bonds is 6. The van der Waals surface area contributed by atoms with Crippen molar-refractivity contribution in [3.63, 3.8) is 0 Å². The minimum absolute atomic E-state index is 1.10. The van der Waals surface area contributed by atoms with Crippen molar-refractivity contribution >= 4 is 49.6 Å². The van der Waals surface area contributed by atoms with Crippen molar-refractivity contribution in [1.82, 2.24) is 4.57 Å². The number of hydrogen-bond acceptors (Lipinski definition) is 1. The van der Waals surface area contributed by atoms with Crippen LogP contribution in [0.1, 0.15) is 0 Å². The van der Waals surface area contributed by atoms with Crippen molar-refractivity contribution in [3.8, 4) is 27.9 Å². The monoisotopic (exact) mass is 612 g/mol. The quantitative estimate of drug-likeness (QED) is 0.181. The van der Waals surface area contributed by atoms with E-state index in [0.717, 1.165) is 22.7 Å². The number of nitrogens with zero attached hydrogens (tertiary/aromatic N) is 2. The maximum absolute atomic E-state index is 2.41. The molecule has 0 bridgehead atoms. The Bertz CT molecular complexity index is 2550. The second-order valence-corrected chi connectivity index (χ2v) is 12.2. The zero-order valence-corrected chi connectivity index (χ0v) is 26.4. The van der Waals surface area contributed by atoms with Crippen LogP contribution in [0.4, 0.5) is 17.1 Å². The lowest BCUT2D eigenvalue weighted by Crippen LogP contribution is -2.11. The van der Waals surface area contributed by atoms with Crippen LogP contribution in [0.3, 0.4) is 0 Å². The van der Waals surface area contributed by atoms with Crippen molar-refractivity contribution in [3.05, 3.63) is 194 Å². The lowest BCUT2D eigenvalue weighted by Gasteiger charge is -2.28. The third kappa shape index (κ3) is 4.83. The highest BCUT2D eigenvalue weighted by Gasteiger charge is 2.20. The molecule has 1 heterocycles. The van der Waals surface area contributed by atoms with Gasteiger partial charge in [-0.25, -0.2) is 0 Å². The number of anilines is 3. The molecule has 0 fully saturated rings. The average Bonchev–Trinajstić information content (AvgIpc) is 3.50. The van der Waals surface area contributed by atoms with E-state index < -0.39 is 0 Å². The Morgan fingerprint density at radius 2 is 0.958 bits per heavy atom. The van der Waals surface area contributed by atoms with Gasteiger partial charge in [0.2, 0.25) is 0 Å². The maximum atomic E-state index is 2.41. The van der Waals surface area contributed by atoms with Crippen LogP contribution in [0.2, 0.25) is 0 Å². The number of aromatic nitrogens is 1. The van der Waals surface area contributed by atoms with E-state index in [1.54, 1.807) is 0 Å². The largest absolute Gasteiger partial charge is 0.310 e. The van der Waals surface area contributed by atoms with E-state index in [-0.39, 0.29) is 0 Å². The summed E-state index contributed by atoms with van der Waals surface area (Å²) in [4.78, 5) is 2.41. The van der Waals surface area contributed by atoms with Gasteiger partial charge < -0.3 is 9.47 Å². The zero-order chi connectivity index (χ0) is 31.9. The maximum Gasteiger partial charge on any atom is 0.0561 e. The van der Waals surface area contributed by atoms with Crippen molar-refractivity contribution in [2.24, 2.45) is 0 Å². The van der Waals surface area contributed by atoms with Gasteiger partial charge in [0.15, 0.2) is 0 Å². The summed E-state index contributed by atoms with van der Waals surface area (Å²) >= 11 is 0. The predicted molar refractivity (Wildman–Crippen MR) is 204 cm³/mol. The molecule has 0 atom stereocenters. The first-order chi connectivity index (χ1) is 23.8. The van der Waals surface area contributed by atoms with Gasteiger partial charge in [-0.15, -0.1) is 0 Å². The molecule has 9 rings (SSSR count). The molecule has 1 aromatic heterocycles. The van der Waals surface area contributed by atoms with E-state index in [2.05, 4.69) is 204 Å². The fraction of sp³-hybridized carbons (Fsp3) is 0. The molecule has 0 aliphatic heterocycles. The standard InChI is InChI=1S/C46H32N2/c1-3-13-33(14-4-1)35-25-27-39(28-26-35)47(44-21-11-9-19-41(44)37-24-23-34-15-7-8-16-36(34)31-37)40-29-30-43-42-20-10-12-22-45(42)48(46(43)32-40)38-17-5-2-6-18-38/h1-32H. The van der Waals surface area contributed by atoms with Crippen LogP contribution in [-0.2, 0) is 0 Å². The number of para-hydroxylation sites is 3. The van der Waals surface area contributed by atoms with Crippen LogP contribution in [0, 0.1) is 0 Å². The van der Waals surface area contributed by atoms with Crippen molar-refractivity contribution in [1.29, 1.82) is 0 Å². The SMILES string of the molecule is c1ccc(-c2ccc(N(c3ccc4c5ccccc5n(-c5ccccc5)c4c3)c3ccccc3-c3ccc4ccccc4c3)cc2)cc1. The molecule has 0 aliphatic carbocycles. The van der Waals surface area contributed by atoms with Crippen molar-refractivity contribution in [2.75, 3.05) is 4.90 Å². The molecule has 0 radical (unpaired) electrons. The van der Waals surface area contributed by atoms with Crippen molar-refractivity contribution < 1.29 is 0 Å². The minimum atomic E-state index is 1.10. The van der Waals surface area contributed by atoms with E-state index in [1.807, 2.05) is 0 Å². The van der Waals surface area contributed by atoms with Gasteiger partial charge in [-0.3, -0.25) is 0 Å². The topological polar surface area (TPSA) is 8.17 Å². The third-order valence-corrected chi connectivity index (χ3v) is 9.37. The van der Waals surface area contributed by atoms with Crippen LogP contribution in [0.15, 0.2) is 194 Å². The normalized spacial score (nSPS) is 11.3. The lowest BCUT2D eigenvalue weighted by molar-refractivity contribution is 1.18. The highest BCUT2D eigenvalue weighted by molar-refractivity contribution is 6.10. The molecule has 2 heteroatoms. The molecule has 9 aromatic rings. The molecule has 226 valence electrons. The van der Waals surface area contributed by atoms with E-state index >= 15 is 0 Å². The highest BCUT2D eigenvalue weighted by Crippen LogP contribution is 2.44. The summed E-state index contributed by atoms with van der Waals surface area (Å²) in [5, 5.41) is 4.96. The molecule has 0 N–H and O–H groups in total. The highest BCUT2D eigenvalue weighted by atomic mass is 15.1. The van der Waals surface area contributed by atoms with Gasteiger partial charge in [0.05, 0.1) is 16.7 Å². The van der Waals surface area contributed by atoms with Crippen LogP contribution in [0.25, 0.3) is 60.5 Å². The second kappa shape index (κ2) is 11.8. The molecule has 48 heavy (non-hydrogen) atoms. The molecular weight excluding hydrogens is 581 g/mol. The summed E-state index contributed by atoms with van der Waals surface area (Å²) in [5.74, 6) is 0. The first-order valence-electron chi connectivity index (χ1n) is 16.4. The Balaban J connectivity index is 1.28. The van der Waals surface area contributed by atoms with E-state index in [4.69, 9.17) is 0 Å². The molecule has 0 spiro atoms. The van der Waals surface area contributed by atoms with E-state index in [9.17, 15) is 0 Å². The molecule has 0 aliphatic rings. The Hall–Kier alpha value is -6.38.